The molecule has 2 heterocycles. The summed E-state index contributed by atoms with van der Waals surface area (Å²) in [6, 6.07) is 6.95. The van der Waals surface area contributed by atoms with Gasteiger partial charge < -0.3 is 9.40 Å². The van der Waals surface area contributed by atoms with E-state index in [0.29, 0.717) is 23.7 Å². The monoisotopic (exact) mass is 346 g/mol. The average Bonchev–Trinajstić information content (AvgIpc) is 3.20. The van der Waals surface area contributed by atoms with Crippen molar-refractivity contribution in [3.8, 4) is 11.6 Å². The Morgan fingerprint density at radius 1 is 1.25 bits per heavy atom. The number of hydrogen-bond acceptors (Lipinski definition) is 5. The van der Waals surface area contributed by atoms with Crippen molar-refractivity contribution in [3.05, 3.63) is 47.5 Å². The maximum absolute atomic E-state index is 12.6. The number of aromatic nitrogens is 3. The highest BCUT2D eigenvalue weighted by Gasteiger charge is 2.19. The van der Waals surface area contributed by atoms with Crippen LogP contribution in [0.2, 0.25) is 0 Å². The third kappa shape index (κ3) is 3.05. The van der Waals surface area contributed by atoms with Gasteiger partial charge in [0.25, 0.3) is 15.9 Å². The number of aryl methyl sites for hydroxylation is 2. The molecule has 0 saturated heterocycles. The molecule has 0 amide bonds. The molecule has 0 bridgehead atoms. The van der Waals surface area contributed by atoms with Crippen LogP contribution >= 0.6 is 0 Å². The summed E-state index contributed by atoms with van der Waals surface area (Å²) in [5.41, 5.74) is 2.93. The summed E-state index contributed by atoms with van der Waals surface area (Å²) < 4.78 is 33.2. The van der Waals surface area contributed by atoms with Crippen LogP contribution in [0.1, 0.15) is 23.9 Å². The Morgan fingerprint density at radius 3 is 2.75 bits per heavy atom. The van der Waals surface area contributed by atoms with Gasteiger partial charge in [0.2, 0.25) is 5.89 Å². The van der Waals surface area contributed by atoms with E-state index in [2.05, 4.69) is 19.9 Å². The largest absolute Gasteiger partial charge is 0.419 e. The number of nitrogens with one attached hydrogen (secondary N) is 2. The maximum Gasteiger partial charge on any atom is 0.264 e. The van der Waals surface area contributed by atoms with Crippen molar-refractivity contribution in [2.24, 2.45) is 0 Å². The van der Waals surface area contributed by atoms with Crippen LogP contribution in [-0.2, 0) is 16.4 Å². The Hall–Kier alpha value is -2.61. The van der Waals surface area contributed by atoms with Gasteiger partial charge in [-0.2, -0.15) is 0 Å². The zero-order valence-corrected chi connectivity index (χ0v) is 14.4. The first-order valence-electron chi connectivity index (χ1n) is 7.51. The molecule has 0 aliphatic carbocycles. The van der Waals surface area contributed by atoms with Crippen molar-refractivity contribution >= 4 is 15.7 Å². The number of hydrogen-bond donors (Lipinski definition) is 2. The lowest BCUT2D eigenvalue weighted by molar-refractivity contribution is 0.511. The van der Waals surface area contributed by atoms with E-state index in [0.717, 1.165) is 11.1 Å². The first-order valence-corrected chi connectivity index (χ1v) is 8.99. The van der Waals surface area contributed by atoms with Gasteiger partial charge in [0, 0.05) is 12.6 Å². The lowest BCUT2D eigenvalue weighted by Gasteiger charge is -2.11. The lowest BCUT2D eigenvalue weighted by atomic mass is 10.1. The Balaban J connectivity index is 1.89. The molecule has 3 aromatic rings. The minimum absolute atomic E-state index is 0.106. The van der Waals surface area contributed by atoms with Gasteiger partial charge in [0.05, 0.1) is 5.69 Å². The highest BCUT2D eigenvalue weighted by atomic mass is 32.2. The van der Waals surface area contributed by atoms with Crippen molar-refractivity contribution < 1.29 is 12.8 Å². The molecule has 7 nitrogen and oxygen atoms in total. The van der Waals surface area contributed by atoms with Crippen LogP contribution in [0.15, 0.2) is 39.8 Å². The summed E-state index contributed by atoms with van der Waals surface area (Å²) in [6.07, 6.45) is 2.02. The van der Waals surface area contributed by atoms with Crippen LogP contribution in [0, 0.1) is 13.8 Å². The Morgan fingerprint density at radius 2 is 2.04 bits per heavy atom. The van der Waals surface area contributed by atoms with Crippen molar-refractivity contribution in [1.82, 2.24) is 15.2 Å². The number of rotatable bonds is 5. The van der Waals surface area contributed by atoms with Gasteiger partial charge in [-0.1, -0.05) is 19.1 Å². The van der Waals surface area contributed by atoms with E-state index in [-0.39, 0.29) is 10.8 Å². The highest BCUT2D eigenvalue weighted by molar-refractivity contribution is 7.92. The normalized spacial score (nSPS) is 11.6. The second-order valence-corrected chi connectivity index (χ2v) is 7.14. The summed E-state index contributed by atoms with van der Waals surface area (Å²) in [5, 5.41) is 7.77. The molecule has 126 valence electrons. The van der Waals surface area contributed by atoms with E-state index in [1.165, 1.54) is 12.3 Å². The molecule has 0 unspecified atom stereocenters. The SMILES string of the molecule is CCc1nnc(-c2cc(S(=O)(=O)Nc3cccc(C)c3C)c[nH]2)o1. The summed E-state index contributed by atoms with van der Waals surface area (Å²) >= 11 is 0. The molecule has 2 aromatic heterocycles. The van der Waals surface area contributed by atoms with Crippen molar-refractivity contribution in [2.45, 2.75) is 32.1 Å². The van der Waals surface area contributed by atoms with Crippen LogP contribution in [0.3, 0.4) is 0 Å². The second kappa shape index (κ2) is 6.12. The van der Waals surface area contributed by atoms with Gasteiger partial charge in [-0.15, -0.1) is 10.2 Å². The first-order chi connectivity index (χ1) is 11.4. The average molecular weight is 346 g/mol. The smallest absolute Gasteiger partial charge is 0.264 e. The van der Waals surface area contributed by atoms with E-state index in [9.17, 15) is 8.42 Å². The summed E-state index contributed by atoms with van der Waals surface area (Å²) in [6.45, 7) is 5.71. The Bertz CT molecular complexity index is 973. The van der Waals surface area contributed by atoms with Crippen LogP contribution in [-0.4, -0.2) is 23.6 Å². The van der Waals surface area contributed by atoms with Gasteiger partial charge in [-0.05, 0) is 37.1 Å². The molecule has 0 aliphatic heterocycles. The third-order valence-corrected chi connectivity index (χ3v) is 5.16. The van der Waals surface area contributed by atoms with E-state index in [4.69, 9.17) is 4.42 Å². The molecule has 0 atom stereocenters. The molecule has 8 heteroatoms. The van der Waals surface area contributed by atoms with Gasteiger partial charge >= 0.3 is 0 Å². The van der Waals surface area contributed by atoms with Crippen molar-refractivity contribution in [1.29, 1.82) is 0 Å². The minimum Gasteiger partial charge on any atom is -0.419 e. The number of benzene rings is 1. The number of H-pyrrole nitrogens is 1. The molecule has 0 radical (unpaired) electrons. The topological polar surface area (TPSA) is 101 Å². The van der Waals surface area contributed by atoms with Gasteiger partial charge in [0.15, 0.2) is 0 Å². The summed E-state index contributed by atoms with van der Waals surface area (Å²) in [5.74, 6) is 0.762. The zero-order valence-electron chi connectivity index (χ0n) is 13.6. The fourth-order valence-corrected chi connectivity index (χ4v) is 3.34. The first kappa shape index (κ1) is 16.3. The summed E-state index contributed by atoms with van der Waals surface area (Å²) in [4.78, 5) is 2.97. The summed E-state index contributed by atoms with van der Waals surface area (Å²) in [7, 11) is -3.71. The van der Waals surface area contributed by atoms with Crippen molar-refractivity contribution in [2.75, 3.05) is 4.72 Å². The van der Waals surface area contributed by atoms with Crippen LogP contribution < -0.4 is 4.72 Å². The third-order valence-electron chi connectivity index (χ3n) is 3.82. The van der Waals surface area contributed by atoms with Crippen LogP contribution in [0.4, 0.5) is 5.69 Å². The van der Waals surface area contributed by atoms with E-state index < -0.39 is 10.0 Å². The number of nitrogens with zero attached hydrogens (tertiary/aromatic N) is 2. The van der Waals surface area contributed by atoms with E-state index in [1.807, 2.05) is 32.9 Å². The van der Waals surface area contributed by atoms with E-state index >= 15 is 0 Å². The Kier molecular flexibility index (Phi) is 4.15. The highest BCUT2D eigenvalue weighted by Crippen LogP contribution is 2.25. The fraction of sp³-hybridized carbons (Fsp3) is 0.250. The molecule has 0 fully saturated rings. The van der Waals surface area contributed by atoms with E-state index in [1.54, 1.807) is 6.07 Å². The fourth-order valence-electron chi connectivity index (χ4n) is 2.22. The van der Waals surface area contributed by atoms with Gasteiger partial charge in [-0.25, -0.2) is 8.42 Å². The number of sulfonamides is 1. The molecule has 3 rings (SSSR count). The quantitative estimate of drug-likeness (QED) is 0.739. The maximum atomic E-state index is 12.6. The molecule has 24 heavy (non-hydrogen) atoms. The standard InChI is InChI=1S/C16H18N4O3S/c1-4-15-18-19-16(23-15)14-8-12(9-17-14)24(21,22)20-13-7-5-6-10(2)11(13)3/h5-9,17,20H,4H2,1-3H3. The van der Waals surface area contributed by atoms with Crippen LogP contribution in [0.25, 0.3) is 11.6 Å². The minimum atomic E-state index is -3.71. The second-order valence-electron chi connectivity index (χ2n) is 5.46. The molecule has 0 saturated carbocycles. The number of aromatic amines is 1. The van der Waals surface area contributed by atoms with Crippen molar-refractivity contribution in [3.63, 3.8) is 0 Å². The lowest BCUT2D eigenvalue weighted by Crippen LogP contribution is -2.13. The Labute approximate surface area is 140 Å². The predicted octanol–water partition coefficient (Wildman–Crippen LogP) is 3.04. The number of anilines is 1. The van der Waals surface area contributed by atoms with Gasteiger partial charge in [0.1, 0.15) is 10.6 Å². The molecular weight excluding hydrogens is 328 g/mol. The molecule has 1 aromatic carbocycles. The predicted molar refractivity (Wildman–Crippen MR) is 90.2 cm³/mol. The molecular formula is C16H18N4O3S. The molecule has 2 N–H and O–H groups in total. The molecule has 0 aliphatic rings. The van der Waals surface area contributed by atoms with Crippen LogP contribution in [0.5, 0.6) is 0 Å². The zero-order chi connectivity index (χ0) is 17.3. The van der Waals surface area contributed by atoms with Gasteiger partial charge in [-0.3, -0.25) is 4.72 Å². The molecule has 0 spiro atoms.